The molecule has 2 N–H and O–H groups in total. The number of hydrogen-bond donors (Lipinski definition) is 2. The molecule has 0 aliphatic heterocycles. The number of hydrogen-bond acceptors (Lipinski definition) is 5. The van der Waals surface area contributed by atoms with E-state index in [0.717, 1.165) is 54.0 Å². The Morgan fingerprint density at radius 3 is 2.20 bits per heavy atom. The third-order valence-corrected chi connectivity index (χ3v) is 6.83. The molecule has 0 saturated heterocycles. The molecule has 5 rings (SSSR count). The molecule has 2 heterocycles. The lowest BCUT2D eigenvalue weighted by molar-refractivity contribution is -0.121. The fourth-order valence-electron chi connectivity index (χ4n) is 4.80. The summed E-state index contributed by atoms with van der Waals surface area (Å²) in [6.07, 6.45) is 3.76. The first-order chi connectivity index (χ1) is 16.9. The Balaban J connectivity index is 1.26. The van der Waals surface area contributed by atoms with Crippen molar-refractivity contribution in [1.29, 1.82) is 0 Å². The maximum atomic E-state index is 13.4. The maximum absolute atomic E-state index is 13.4. The van der Waals surface area contributed by atoms with Crippen molar-refractivity contribution < 1.29 is 4.79 Å². The van der Waals surface area contributed by atoms with Crippen LogP contribution >= 0.6 is 11.6 Å². The number of amides is 1. The lowest BCUT2D eigenvalue weighted by Crippen LogP contribution is -2.37. The second-order valence-electron chi connectivity index (χ2n) is 9.07. The zero-order chi connectivity index (χ0) is 24.4. The smallest absolute Gasteiger partial charge is 0.235 e. The van der Waals surface area contributed by atoms with Gasteiger partial charge in [-0.1, -0.05) is 36.6 Å². The lowest BCUT2D eigenvalue weighted by atomic mass is 9.78. The average molecular weight is 487 g/mol. The number of carbonyl (C=O) groups excluding carboxylic acids is 1. The summed E-state index contributed by atoms with van der Waals surface area (Å²) in [6.45, 7) is 3.93. The standard InChI is InChI=1S/C27H27ClN6O/c1-18-17-19(2)34(33-18)25-14-13-24(31-32-25)29-22-9-11-23(12-10-22)30-26(35)27(15-3-4-16-27)20-5-7-21(28)8-6-20/h5-14,17H,3-4,15-16H2,1-2H3,(H,29,31)(H,30,35). The molecule has 0 radical (unpaired) electrons. The van der Waals surface area contributed by atoms with Gasteiger partial charge in [0.05, 0.1) is 11.1 Å². The summed E-state index contributed by atoms with van der Waals surface area (Å²) in [5.41, 5.74) is 4.06. The van der Waals surface area contributed by atoms with E-state index in [1.807, 2.05) is 80.6 Å². The van der Waals surface area contributed by atoms with Crippen LogP contribution in [0.1, 0.15) is 42.6 Å². The topological polar surface area (TPSA) is 84.7 Å². The molecule has 0 spiro atoms. The molecule has 4 aromatic rings. The predicted octanol–water partition coefficient (Wildman–Crippen LogP) is 6.13. The first kappa shape index (κ1) is 23.1. The van der Waals surface area contributed by atoms with Gasteiger partial charge >= 0.3 is 0 Å². The minimum absolute atomic E-state index is 0.0311. The highest BCUT2D eigenvalue weighted by molar-refractivity contribution is 6.30. The molecule has 178 valence electrons. The van der Waals surface area contributed by atoms with Crippen molar-refractivity contribution in [1.82, 2.24) is 20.0 Å². The predicted molar refractivity (Wildman–Crippen MR) is 139 cm³/mol. The molecule has 2 aromatic carbocycles. The van der Waals surface area contributed by atoms with Crippen molar-refractivity contribution in [2.24, 2.45) is 0 Å². The van der Waals surface area contributed by atoms with E-state index in [2.05, 4.69) is 25.9 Å². The van der Waals surface area contributed by atoms with Gasteiger partial charge in [-0.2, -0.15) is 5.10 Å². The summed E-state index contributed by atoms with van der Waals surface area (Å²) in [7, 11) is 0. The fraction of sp³-hybridized carbons (Fsp3) is 0.259. The number of anilines is 3. The number of aryl methyl sites for hydroxylation is 2. The lowest BCUT2D eigenvalue weighted by Gasteiger charge is -2.28. The van der Waals surface area contributed by atoms with Crippen molar-refractivity contribution in [2.45, 2.75) is 44.9 Å². The molecule has 1 amide bonds. The van der Waals surface area contributed by atoms with Gasteiger partial charge in [0.2, 0.25) is 5.91 Å². The molecule has 8 heteroatoms. The summed E-state index contributed by atoms with van der Waals surface area (Å²) in [5.74, 6) is 1.32. The quantitative estimate of drug-likeness (QED) is 0.342. The Kier molecular flexibility index (Phi) is 6.26. The van der Waals surface area contributed by atoms with Crippen molar-refractivity contribution in [3.05, 3.63) is 88.7 Å². The second-order valence-corrected chi connectivity index (χ2v) is 9.50. The summed E-state index contributed by atoms with van der Waals surface area (Å²) in [5, 5.41) is 20.0. The highest BCUT2D eigenvalue weighted by atomic mass is 35.5. The van der Waals surface area contributed by atoms with Crippen LogP contribution in [0.4, 0.5) is 17.2 Å². The van der Waals surface area contributed by atoms with Gasteiger partial charge in [0, 0.05) is 22.1 Å². The molecule has 0 unspecified atom stereocenters. The number of nitrogens with one attached hydrogen (secondary N) is 2. The van der Waals surface area contributed by atoms with Gasteiger partial charge in [0.25, 0.3) is 0 Å². The third kappa shape index (κ3) is 4.77. The maximum Gasteiger partial charge on any atom is 0.235 e. The molecule has 7 nitrogen and oxygen atoms in total. The Bertz CT molecular complexity index is 1320. The summed E-state index contributed by atoms with van der Waals surface area (Å²) in [6, 6.07) is 21.0. The van der Waals surface area contributed by atoms with E-state index < -0.39 is 5.41 Å². The highest BCUT2D eigenvalue weighted by Crippen LogP contribution is 2.42. The molecule has 35 heavy (non-hydrogen) atoms. The number of aromatic nitrogens is 4. The van der Waals surface area contributed by atoms with Gasteiger partial charge in [-0.05, 0) is 86.8 Å². The molecule has 0 atom stereocenters. The normalized spacial score (nSPS) is 14.6. The summed E-state index contributed by atoms with van der Waals surface area (Å²) in [4.78, 5) is 13.4. The van der Waals surface area contributed by atoms with Gasteiger partial charge in [0.1, 0.15) is 0 Å². The largest absolute Gasteiger partial charge is 0.339 e. The van der Waals surface area contributed by atoms with E-state index in [1.165, 1.54) is 0 Å². The van der Waals surface area contributed by atoms with Crippen LogP contribution in [-0.4, -0.2) is 25.9 Å². The average Bonchev–Trinajstić information content (AvgIpc) is 3.48. The van der Waals surface area contributed by atoms with Crippen LogP contribution in [0.15, 0.2) is 66.7 Å². The molecule has 1 aliphatic rings. The zero-order valence-electron chi connectivity index (χ0n) is 19.8. The Morgan fingerprint density at radius 2 is 1.60 bits per heavy atom. The van der Waals surface area contributed by atoms with E-state index >= 15 is 0 Å². The minimum Gasteiger partial charge on any atom is -0.339 e. The summed E-state index contributed by atoms with van der Waals surface area (Å²) < 4.78 is 1.77. The molecular weight excluding hydrogens is 460 g/mol. The van der Waals surface area contributed by atoms with Gasteiger partial charge in [-0.25, -0.2) is 4.68 Å². The van der Waals surface area contributed by atoms with E-state index in [1.54, 1.807) is 4.68 Å². The van der Waals surface area contributed by atoms with E-state index in [9.17, 15) is 4.79 Å². The monoisotopic (exact) mass is 486 g/mol. The molecule has 0 bridgehead atoms. The zero-order valence-corrected chi connectivity index (χ0v) is 20.5. The second kappa shape index (κ2) is 9.50. The van der Waals surface area contributed by atoms with Crippen LogP contribution in [0.5, 0.6) is 0 Å². The molecule has 1 fully saturated rings. The fourth-order valence-corrected chi connectivity index (χ4v) is 4.92. The van der Waals surface area contributed by atoms with Crippen molar-refractivity contribution in [2.75, 3.05) is 10.6 Å². The third-order valence-electron chi connectivity index (χ3n) is 6.58. The van der Waals surface area contributed by atoms with Crippen LogP contribution in [0, 0.1) is 13.8 Å². The molecular formula is C27H27ClN6O. The summed E-state index contributed by atoms with van der Waals surface area (Å²) >= 11 is 6.07. The molecule has 2 aromatic heterocycles. The van der Waals surface area contributed by atoms with E-state index in [0.29, 0.717) is 16.7 Å². The number of carbonyl (C=O) groups is 1. The molecule has 1 saturated carbocycles. The minimum atomic E-state index is -0.510. The Labute approximate surface area is 209 Å². The Morgan fingerprint density at radius 1 is 0.914 bits per heavy atom. The van der Waals surface area contributed by atoms with Crippen LogP contribution in [0.3, 0.4) is 0 Å². The Hall–Kier alpha value is -3.71. The van der Waals surface area contributed by atoms with Crippen LogP contribution in [0.2, 0.25) is 5.02 Å². The van der Waals surface area contributed by atoms with E-state index in [4.69, 9.17) is 11.6 Å². The van der Waals surface area contributed by atoms with Gasteiger partial charge < -0.3 is 10.6 Å². The number of rotatable bonds is 6. The van der Waals surface area contributed by atoms with Crippen molar-refractivity contribution >= 4 is 34.7 Å². The number of nitrogens with zero attached hydrogens (tertiary/aromatic N) is 4. The molecule has 1 aliphatic carbocycles. The highest BCUT2D eigenvalue weighted by Gasteiger charge is 2.42. The SMILES string of the molecule is Cc1cc(C)n(-c2ccc(Nc3ccc(NC(=O)C4(c5ccc(Cl)cc5)CCCC4)cc3)nn2)n1. The van der Waals surface area contributed by atoms with Gasteiger partial charge in [-0.3, -0.25) is 4.79 Å². The van der Waals surface area contributed by atoms with Crippen LogP contribution < -0.4 is 10.6 Å². The first-order valence-corrected chi connectivity index (χ1v) is 12.1. The van der Waals surface area contributed by atoms with Gasteiger partial charge in [-0.15, -0.1) is 10.2 Å². The van der Waals surface area contributed by atoms with E-state index in [-0.39, 0.29) is 5.91 Å². The van der Waals surface area contributed by atoms with Crippen LogP contribution in [-0.2, 0) is 10.2 Å². The van der Waals surface area contributed by atoms with Gasteiger partial charge in [0.15, 0.2) is 11.6 Å². The number of halogens is 1. The first-order valence-electron chi connectivity index (χ1n) is 11.7. The van der Waals surface area contributed by atoms with Crippen molar-refractivity contribution in [3.8, 4) is 5.82 Å². The number of benzene rings is 2. The van der Waals surface area contributed by atoms with Crippen molar-refractivity contribution in [3.63, 3.8) is 0 Å². The van der Waals surface area contributed by atoms with Crippen LogP contribution in [0.25, 0.3) is 5.82 Å².